The first kappa shape index (κ1) is 15.8. The van der Waals surface area contributed by atoms with E-state index in [4.69, 9.17) is 17.0 Å². The third-order valence-corrected chi connectivity index (χ3v) is 4.58. The molecule has 7 nitrogen and oxygen atoms in total. The maximum absolute atomic E-state index is 5.55. The van der Waals surface area contributed by atoms with Gasteiger partial charge in [-0.3, -0.25) is 10.4 Å². The van der Waals surface area contributed by atoms with Gasteiger partial charge >= 0.3 is 0 Å². The molecule has 0 radical (unpaired) electrons. The van der Waals surface area contributed by atoms with Crippen molar-refractivity contribution >= 4 is 28.9 Å². The normalized spacial score (nSPS) is 18.0. The summed E-state index contributed by atoms with van der Waals surface area (Å²) < 4.78 is 5.55. The molecule has 0 unspecified atom stereocenters. The lowest BCUT2D eigenvalue weighted by molar-refractivity contribution is 0.379. The highest BCUT2D eigenvalue weighted by molar-refractivity contribution is 7.80. The highest BCUT2D eigenvalue weighted by atomic mass is 32.1. The predicted octanol–water partition coefficient (Wildman–Crippen LogP) is 1.27. The molecule has 8 heteroatoms. The molecule has 0 aromatic carbocycles. The molecule has 4 rings (SSSR count). The summed E-state index contributed by atoms with van der Waals surface area (Å²) in [5.74, 6) is 1.77. The van der Waals surface area contributed by atoms with Gasteiger partial charge in [0.2, 0.25) is 0 Å². The number of piperazine rings is 1. The molecule has 0 saturated carbocycles. The number of ether oxygens (including phenoxy) is 1. The second-order valence-corrected chi connectivity index (χ2v) is 6.16. The van der Waals surface area contributed by atoms with Crippen molar-refractivity contribution in [2.75, 3.05) is 37.7 Å². The maximum Gasteiger partial charge on any atom is 0.189 e. The van der Waals surface area contributed by atoms with Crippen molar-refractivity contribution in [1.82, 2.24) is 20.3 Å². The van der Waals surface area contributed by atoms with Gasteiger partial charge in [-0.2, -0.15) is 5.10 Å². The first-order valence-corrected chi connectivity index (χ1v) is 8.58. The SMILES string of the molecule is S=C(N/N=C1/COc2cccnc21)N1CCN(c2ccccn2)CC1. The van der Waals surface area contributed by atoms with E-state index < -0.39 is 0 Å². The molecule has 1 fully saturated rings. The fourth-order valence-corrected chi connectivity index (χ4v) is 3.12. The lowest BCUT2D eigenvalue weighted by Crippen LogP contribution is -2.51. The molecule has 0 bridgehead atoms. The van der Waals surface area contributed by atoms with E-state index in [2.05, 4.69) is 30.3 Å². The molecule has 128 valence electrons. The van der Waals surface area contributed by atoms with E-state index in [1.54, 1.807) is 6.20 Å². The molecule has 0 atom stereocenters. The molecule has 2 aromatic heterocycles. The molecule has 0 aliphatic carbocycles. The summed E-state index contributed by atoms with van der Waals surface area (Å²) in [7, 11) is 0. The van der Waals surface area contributed by atoms with E-state index in [0.717, 1.165) is 49.2 Å². The lowest BCUT2D eigenvalue weighted by Gasteiger charge is -2.36. The summed E-state index contributed by atoms with van der Waals surface area (Å²) in [5.41, 5.74) is 4.53. The van der Waals surface area contributed by atoms with Crippen LogP contribution in [0.3, 0.4) is 0 Å². The van der Waals surface area contributed by atoms with Gasteiger partial charge in [-0.25, -0.2) is 4.98 Å². The van der Waals surface area contributed by atoms with Crippen molar-refractivity contribution in [2.45, 2.75) is 0 Å². The number of nitrogens with zero attached hydrogens (tertiary/aromatic N) is 5. The molecule has 2 aromatic rings. The maximum atomic E-state index is 5.55. The Morgan fingerprint density at radius 2 is 1.92 bits per heavy atom. The van der Waals surface area contributed by atoms with Crippen LogP contribution < -0.4 is 15.1 Å². The topological polar surface area (TPSA) is 65.9 Å². The highest BCUT2D eigenvalue weighted by Crippen LogP contribution is 2.22. The Labute approximate surface area is 151 Å². The van der Waals surface area contributed by atoms with Gasteiger partial charge in [0.25, 0.3) is 0 Å². The fourth-order valence-electron chi connectivity index (χ4n) is 2.89. The van der Waals surface area contributed by atoms with E-state index in [9.17, 15) is 0 Å². The minimum atomic E-state index is 0.412. The number of hydrazone groups is 1. The van der Waals surface area contributed by atoms with Gasteiger partial charge in [-0.05, 0) is 36.5 Å². The lowest BCUT2D eigenvalue weighted by atomic mass is 10.3. The number of fused-ring (bicyclic) bond motifs is 1. The van der Waals surface area contributed by atoms with Crippen LogP contribution >= 0.6 is 12.2 Å². The van der Waals surface area contributed by atoms with Gasteiger partial charge in [-0.15, -0.1) is 0 Å². The van der Waals surface area contributed by atoms with Gasteiger partial charge in [0.1, 0.15) is 29.6 Å². The van der Waals surface area contributed by atoms with Gasteiger partial charge in [0.15, 0.2) is 5.11 Å². The Balaban J connectivity index is 1.34. The summed E-state index contributed by atoms with van der Waals surface area (Å²) in [6.45, 7) is 3.83. The highest BCUT2D eigenvalue weighted by Gasteiger charge is 2.22. The van der Waals surface area contributed by atoms with Crippen LogP contribution in [0.2, 0.25) is 0 Å². The van der Waals surface area contributed by atoms with Crippen LogP contribution in [-0.2, 0) is 0 Å². The number of thiocarbonyl (C=S) groups is 1. The Morgan fingerprint density at radius 3 is 2.72 bits per heavy atom. The molecule has 2 aliphatic rings. The van der Waals surface area contributed by atoms with Crippen molar-refractivity contribution in [3.8, 4) is 5.75 Å². The largest absolute Gasteiger partial charge is 0.485 e. The Bertz CT molecular complexity index is 789. The van der Waals surface area contributed by atoms with E-state index in [-0.39, 0.29) is 0 Å². The summed E-state index contributed by atoms with van der Waals surface area (Å²) in [5, 5.41) is 5.01. The molecular weight excluding hydrogens is 336 g/mol. The summed E-state index contributed by atoms with van der Waals surface area (Å²) >= 11 is 5.47. The monoisotopic (exact) mass is 354 g/mol. The van der Waals surface area contributed by atoms with Crippen LogP contribution in [-0.4, -0.2) is 58.5 Å². The Morgan fingerprint density at radius 1 is 1.08 bits per heavy atom. The molecule has 1 saturated heterocycles. The average molecular weight is 354 g/mol. The van der Waals surface area contributed by atoms with Gasteiger partial charge in [0.05, 0.1) is 0 Å². The van der Waals surface area contributed by atoms with Gasteiger partial charge in [-0.1, -0.05) is 6.07 Å². The first-order chi connectivity index (χ1) is 12.3. The standard InChI is InChI=1S/C17H18N6OS/c25-17(21-20-13-12-24-14-4-3-7-19-16(13)14)23-10-8-22(9-11-23)15-5-1-2-6-18-15/h1-7H,8-12H2,(H,21,25)/b20-13-. The zero-order valence-electron chi connectivity index (χ0n) is 13.6. The third-order valence-electron chi connectivity index (χ3n) is 4.24. The number of pyridine rings is 2. The summed E-state index contributed by atoms with van der Waals surface area (Å²) in [6.07, 6.45) is 3.55. The molecule has 25 heavy (non-hydrogen) atoms. The number of aromatic nitrogens is 2. The van der Waals surface area contributed by atoms with E-state index >= 15 is 0 Å². The van der Waals surface area contributed by atoms with Crippen LogP contribution in [0.4, 0.5) is 5.82 Å². The number of hydrogen-bond acceptors (Lipinski definition) is 6. The molecule has 1 N–H and O–H groups in total. The molecule has 0 amide bonds. The van der Waals surface area contributed by atoms with Crippen molar-refractivity contribution in [1.29, 1.82) is 0 Å². The van der Waals surface area contributed by atoms with Crippen LogP contribution in [0.5, 0.6) is 5.75 Å². The Kier molecular flexibility index (Phi) is 4.43. The van der Waals surface area contributed by atoms with Gasteiger partial charge < -0.3 is 14.5 Å². The minimum absolute atomic E-state index is 0.412. The molecule has 4 heterocycles. The molecular formula is C17H18N6OS. The predicted molar refractivity (Wildman–Crippen MR) is 100 cm³/mol. The zero-order chi connectivity index (χ0) is 17.1. The fraction of sp³-hybridized carbons (Fsp3) is 0.294. The van der Waals surface area contributed by atoms with Crippen LogP contribution in [0.15, 0.2) is 47.8 Å². The number of hydrogen-bond donors (Lipinski definition) is 1. The van der Waals surface area contributed by atoms with Crippen molar-refractivity contribution in [3.63, 3.8) is 0 Å². The Hall–Kier alpha value is -2.74. The van der Waals surface area contributed by atoms with E-state index in [1.807, 2.05) is 36.5 Å². The van der Waals surface area contributed by atoms with Crippen molar-refractivity contribution in [2.24, 2.45) is 5.10 Å². The van der Waals surface area contributed by atoms with Crippen molar-refractivity contribution in [3.05, 3.63) is 48.4 Å². The van der Waals surface area contributed by atoms with E-state index in [0.29, 0.717) is 11.7 Å². The average Bonchev–Trinajstić information content (AvgIpc) is 3.10. The smallest absolute Gasteiger partial charge is 0.189 e. The van der Waals surface area contributed by atoms with Crippen molar-refractivity contribution < 1.29 is 4.74 Å². The summed E-state index contributed by atoms with van der Waals surface area (Å²) in [6, 6.07) is 9.70. The van der Waals surface area contributed by atoms with E-state index in [1.165, 1.54) is 0 Å². The molecule has 0 spiro atoms. The number of nitrogens with one attached hydrogen (secondary N) is 1. The summed E-state index contributed by atoms with van der Waals surface area (Å²) in [4.78, 5) is 13.1. The molecule has 2 aliphatic heterocycles. The second-order valence-electron chi connectivity index (χ2n) is 5.78. The quantitative estimate of drug-likeness (QED) is 0.643. The minimum Gasteiger partial charge on any atom is -0.485 e. The van der Waals surface area contributed by atoms with Gasteiger partial charge in [0, 0.05) is 38.6 Å². The zero-order valence-corrected chi connectivity index (χ0v) is 14.4. The first-order valence-electron chi connectivity index (χ1n) is 8.17. The third kappa shape index (κ3) is 3.39. The number of rotatable bonds is 2. The second kappa shape index (κ2) is 7.02. The van der Waals surface area contributed by atoms with Crippen LogP contribution in [0.25, 0.3) is 0 Å². The van der Waals surface area contributed by atoms with Crippen LogP contribution in [0, 0.1) is 0 Å². The van der Waals surface area contributed by atoms with Crippen LogP contribution in [0.1, 0.15) is 5.69 Å². The number of anilines is 1.